The molecule has 0 bridgehead atoms. The molecule has 1 aromatic carbocycles. The second-order valence-corrected chi connectivity index (χ2v) is 5.00. The second-order valence-electron chi connectivity index (χ2n) is 2.85. The summed E-state index contributed by atoms with van der Waals surface area (Å²) < 4.78 is 2.31. The van der Waals surface area contributed by atoms with Gasteiger partial charge in [-0.1, -0.05) is 18.5 Å². The van der Waals surface area contributed by atoms with Crippen LogP contribution in [-0.2, 0) is 6.42 Å². The number of fused-ring (bicyclic) bond motifs is 1. The molecule has 0 amide bonds. The Labute approximate surface area is 94.7 Å². The van der Waals surface area contributed by atoms with Gasteiger partial charge in [-0.2, -0.15) is 0 Å². The van der Waals surface area contributed by atoms with E-state index in [1.165, 1.54) is 10.3 Å². The summed E-state index contributed by atoms with van der Waals surface area (Å²) in [6.45, 7) is 2.16. The van der Waals surface area contributed by atoms with E-state index in [1.54, 1.807) is 11.3 Å². The zero-order valence-electron chi connectivity index (χ0n) is 7.10. The molecule has 0 fully saturated rings. The third kappa shape index (κ3) is 1.51. The Morgan fingerprint density at radius 3 is 3.00 bits per heavy atom. The molecule has 0 radical (unpaired) electrons. The van der Waals surface area contributed by atoms with Crippen LogP contribution in [0, 0.1) is 0 Å². The monoisotopic (exact) mass is 274 g/mol. The van der Waals surface area contributed by atoms with E-state index < -0.39 is 0 Å². The molecule has 3 heteroatoms. The van der Waals surface area contributed by atoms with Gasteiger partial charge in [0.1, 0.15) is 0 Å². The maximum atomic E-state index is 6.16. The minimum absolute atomic E-state index is 0.827. The Kier molecular flexibility index (Phi) is 2.63. The van der Waals surface area contributed by atoms with Crippen molar-refractivity contribution < 1.29 is 0 Å². The van der Waals surface area contributed by atoms with Crippen LogP contribution in [0.4, 0.5) is 0 Å². The smallest absolute Gasteiger partial charge is 0.0635 e. The van der Waals surface area contributed by atoms with Crippen LogP contribution >= 0.6 is 38.9 Å². The van der Waals surface area contributed by atoms with Crippen LogP contribution in [0.25, 0.3) is 10.1 Å². The van der Waals surface area contributed by atoms with Gasteiger partial charge in [0.15, 0.2) is 0 Å². The Morgan fingerprint density at radius 2 is 2.31 bits per heavy atom. The topological polar surface area (TPSA) is 0 Å². The van der Waals surface area contributed by atoms with Crippen molar-refractivity contribution in [1.29, 1.82) is 0 Å². The number of rotatable bonds is 1. The fourth-order valence-electron chi connectivity index (χ4n) is 1.40. The standard InChI is InChI=1S/C10H8BrClS/c1-2-6-5-8(11)9(12)7-3-4-13-10(6)7/h3-5H,2H2,1H3. The normalized spacial score (nSPS) is 11.0. The van der Waals surface area contributed by atoms with Gasteiger partial charge < -0.3 is 0 Å². The first-order valence-electron chi connectivity index (χ1n) is 4.08. The van der Waals surface area contributed by atoms with Gasteiger partial charge >= 0.3 is 0 Å². The molecular weight excluding hydrogens is 268 g/mol. The summed E-state index contributed by atoms with van der Waals surface area (Å²) in [7, 11) is 0. The number of thiophene rings is 1. The SMILES string of the molecule is CCc1cc(Br)c(Cl)c2ccsc12. The maximum absolute atomic E-state index is 6.16. The highest BCUT2D eigenvalue weighted by Crippen LogP contribution is 2.36. The van der Waals surface area contributed by atoms with Crippen LogP contribution in [0.2, 0.25) is 5.02 Å². The lowest BCUT2D eigenvalue weighted by Crippen LogP contribution is -1.81. The van der Waals surface area contributed by atoms with Crippen LogP contribution in [0.1, 0.15) is 12.5 Å². The lowest BCUT2D eigenvalue weighted by atomic mass is 10.1. The molecule has 0 aliphatic carbocycles. The summed E-state index contributed by atoms with van der Waals surface area (Å²) in [6, 6.07) is 4.19. The highest BCUT2D eigenvalue weighted by Gasteiger charge is 2.08. The highest BCUT2D eigenvalue weighted by molar-refractivity contribution is 9.10. The van der Waals surface area contributed by atoms with E-state index in [0.717, 1.165) is 21.3 Å². The van der Waals surface area contributed by atoms with E-state index >= 15 is 0 Å². The molecule has 0 saturated heterocycles. The first-order valence-corrected chi connectivity index (χ1v) is 6.13. The number of halogens is 2. The molecule has 1 aromatic heterocycles. The lowest BCUT2D eigenvalue weighted by molar-refractivity contribution is 1.16. The molecule has 0 aliphatic heterocycles. The van der Waals surface area contributed by atoms with Crippen LogP contribution < -0.4 is 0 Å². The summed E-state index contributed by atoms with van der Waals surface area (Å²) >= 11 is 11.4. The molecule has 0 nitrogen and oxygen atoms in total. The van der Waals surface area contributed by atoms with E-state index in [9.17, 15) is 0 Å². The van der Waals surface area contributed by atoms with E-state index in [-0.39, 0.29) is 0 Å². The number of hydrogen-bond donors (Lipinski definition) is 0. The molecule has 0 N–H and O–H groups in total. The largest absolute Gasteiger partial charge is 0.143 e. The molecule has 0 saturated carbocycles. The van der Waals surface area contributed by atoms with Gasteiger partial charge in [0.25, 0.3) is 0 Å². The van der Waals surface area contributed by atoms with E-state index in [2.05, 4.69) is 40.4 Å². The van der Waals surface area contributed by atoms with E-state index in [0.29, 0.717) is 0 Å². The number of aryl methyl sites for hydroxylation is 1. The summed E-state index contributed by atoms with van der Waals surface area (Å²) in [6.07, 6.45) is 1.05. The summed E-state index contributed by atoms with van der Waals surface area (Å²) in [5.74, 6) is 0. The van der Waals surface area contributed by atoms with Gasteiger partial charge in [0.2, 0.25) is 0 Å². The van der Waals surface area contributed by atoms with Crippen molar-refractivity contribution in [1.82, 2.24) is 0 Å². The van der Waals surface area contributed by atoms with Gasteiger partial charge in [-0.15, -0.1) is 11.3 Å². The van der Waals surface area contributed by atoms with Crippen molar-refractivity contribution in [2.75, 3.05) is 0 Å². The van der Waals surface area contributed by atoms with Crippen LogP contribution in [-0.4, -0.2) is 0 Å². The third-order valence-corrected chi connectivity index (χ3v) is 4.34. The fourth-order valence-corrected chi connectivity index (χ4v) is 3.15. The van der Waals surface area contributed by atoms with Crippen LogP contribution in [0.5, 0.6) is 0 Å². The summed E-state index contributed by atoms with van der Waals surface area (Å²) in [5.41, 5.74) is 1.36. The second kappa shape index (κ2) is 3.60. The predicted octanol–water partition coefficient (Wildman–Crippen LogP) is 4.88. The molecule has 1 heterocycles. The molecule has 0 spiro atoms. The Hall–Kier alpha value is -0.0500. The quantitative estimate of drug-likeness (QED) is 0.696. The first-order chi connectivity index (χ1) is 6.24. The third-order valence-electron chi connectivity index (χ3n) is 2.08. The molecule has 2 aromatic rings. The zero-order valence-corrected chi connectivity index (χ0v) is 10.3. The molecule has 2 rings (SSSR count). The minimum atomic E-state index is 0.827. The average molecular weight is 276 g/mol. The van der Waals surface area contributed by atoms with Gasteiger partial charge in [-0.05, 0) is 45.4 Å². The number of hydrogen-bond acceptors (Lipinski definition) is 1. The van der Waals surface area contributed by atoms with Gasteiger partial charge in [0, 0.05) is 14.6 Å². The molecular formula is C10H8BrClS. The van der Waals surface area contributed by atoms with Crippen molar-refractivity contribution in [3.8, 4) is 0 Å². The summed E-state index contributed by atoms with van der Waals surface area (Å²) in [4.78, 5) is 0. The highest BCUT2D eigenvalue weighted by atomic mass is 79.9. The predicted molar refractivity (Wildman–Crippen MR) is 63.9 cm³/mol. The first kappa shape index (κ1) is 9.50. The molecule has 68 valence electrons. The van der Waals surface area contributed by atoms with Crippen LogP contribution in [0.3, 0.4) is 0 Å². The zero-order chi connectivity index (χ0) is 9.42. The molecule has 13 heavy (non-hydrogen) atoms. The van der Waals surface area contributed by atoms with E-state index in [1.807, 2.05) is 0 Å². The maximum Gasteiger partial charge on any atom is 0.0635 e. The van der Waals surface area contributed by atoms with Gasteiger partial charge in [0.05, 0.1) is 5.02 Å². The molecule has 0 atom stereocenters. The van der Waals surface area contributed by atoms with Crippen molar-refractivity contribution in [2.24, 2.45) is 0 Å². The Balaban J connectivity index is 2.87. The van der Waals surface area contributed by atoms with Gasteiger partial charge in [-0.25, -0.2) is 0 Å². The van der Waals surface area contributed by atoms with Gasteiger partial charge in [-0.3, -0.25) is 0 Å². The lowest BCUT2D eigenvalue weighted by Gasteiger charge is -2.03. The molecule has 0 unspecified atom stereocenters. The van der Waals surface area contributed by atoms with Crippen molar-refractivity contribution in [3.05, 3.63) is 32.6 Å². The Bertz CT molecular complexity index is 447. The van der Waals surface area contributed by atoms with Crippen molar-refractivity contribution >= 4 is 49.0 Å². The minimum Gasteiger partial charge on any atom is -0.143 e. The van der Waals surface area contributed by atoms with Crippen LogP contribution in [0.15, 0.2) is 22.0 Å². The van der Waals surface area contributed by atoms with Crippen molar-refractivity contribution in [2.45, 2.75) is 13.3 Å². The number of benzene rings is 1. The van der Waals surface area contributed by atoms with E-state index in [4.69, 9.17) is 11.6 Å². The summed E-state index contributed by atoms with van der Waals surface area (Å²) in [5, 5.41) is 4.08. The van der Waals surface area contributed by atoms with Crippen molar-refractivity contribution in [3.63, 3.8) is 0 Å². The fraction of sp³-hybridized carbons (Fsp3) is 0.200. The average Bonchev–Trinajstić information content (AvgIpc) is 2.60. The molecule has 0 aliphatic rings. The Morgan fingerprint density at radius 1 is 1.54 bits per heavy atom.